The number of benzene rings is 2. The first-order valence-electron chi connectivity index (χ1n) is 9.18. The van der Waals surface area contributed by atoms with Crippen LogP contribution in [0.1, 0.15) is 16.2 Å². The molecule has 30 heavy (non-hydrogen) atoms. The van der Waals surface area contributed by atoms with Crippen molar-refractivity contribution in [3.63, 3.8) is 0 Å². The highest BCUT2D eigenvalue weighted by molar-refractivity contribution is 5.92. The molecule has 0 bridgehead atoms. The zero-order valence-electron chi connectivity index (χ0n) is 15.8. The Bertz CT molecular complexity index is 1270. The number of carbonyl (C=O) groups excluding carboxylic acids is 1. The normalized spacial score (nSPS) is 10.5. The Morgan fingerprint density at radius 2 is 1.63 bits per heavy atom. The van der Waals surface area contributed by atoms with E-state index in [4.69, 9.17) is 0 Å². The van der Waals surface area contributed by atoms with Crippen molar-refractivity contribution in [1.82, 2.24) is 24.8 Å². The number of hydrogen-bond acceptors (Lipinski definition) is 5. The number of nitrogens with one attached hydrogen (secondary N) is 2. The Morgan fingerprint density at radius 3 is 2.33 bits per heavy atom. The lowest BCUT2D eigenvalue weighted by atomic mass is 10.1. The Hall–Kier alpha value is -4.33. The molecule has 0 atom stereocenters. The molecule has 0 fully saturated rings. The first-order valence-corrected chi connectivity index (χ1v) is 9.18. The molecule has 0 spiro atoms. The molecule has 4 aromatic rings. The van der Waals surface area contributed by atoms with Gasteiger partial charge >= 0.3 is 5.69 Å². The van der Waals surface area contributed by atoms with E-state index in [0.717, 1.165) is 21.9 Å². The largest absolute Gasteiger partial charge is 0.345 e. The lowest BCUT2D eigenvalue weighted by Crippen LogP contribution is -2.37. The average Bonchev–Trinajstić information content (AvgIpc) is 2.78. The second-order valence-corrected chi connectivity index (χ2v) is 6.44. The Labute approximate surface area is 170 Å². The van der Waals surface area contributed by atoms with Gasteiger partial charge in [0.05, 0.1) is 23.6 Å². The standard InChI is InChI=1S/C22H17N5O3/c28-20-12-19(26-22(30)27(20)17-9-5-2-6-10-17)21(29)23-13-16-11-18(25-14-24-16)15-7-3-1-4-8-15/h1-12,14H,13H2,(H,23,29)(H,26,30). The summed E-state index contributed by atoms with van der Waals surface area (Å²) >= 11 is 0. The van der Waals surface area contributed by atoms with Gasteiger partial charge in [-0.05, 0) is 18.2 Å². The van der Waals surface area contributed by atoms with Crippen LogP contribution in [0, 0.1) is 0 Å². The Balaban J connectivity index is 1.51. The minimum Gasteiger partial charge on any atom is -0.345 e. The monoisotopic (exact) mass is 399 g/mol. The summed E-state index contributed by atoms with van der Waals surface area (Å²) in [6, 6.07) is 20.9. The fourth-order valence-electron chi connectivity index (χ4n) is 2.97. The number of nitrogens with zero attached hydrogens (tertiary/aromatic N) is 3. The van der Waals surface area contributed by atoms with E-state index in [-0.39, 0.29) is 12.2 Å². The van der Waals surface area contributed by atoms with Crippen LogP contribution in [-0.4, -0.2) is 25.4 Å². The van der Waals surface area contributed by atoms with Crippen molar-refractivity contribution in [3.8, 4) is 16.9 Å². The number of amides is 1. The van der Waals surface area contributed by atoms with Gasteiger partial charge in [-0.2, -0.15) is 0 Å². The van der Waals surface area contributed by atoms with E-state index >= 15 is 0 Å². The van der Waals surface area contributed by atoms with Crippen LogP contribution in [0.5, 0.6) is 0 Å². The lowest BCUT2D eigenvalue weighted by molar-refractivity contribution is 0.0944. The molecular formula is C22H17N5O3. The fourth-order valence-corrected chi connectivity index (χ4v) is 2.97. The summed E-state index contributed by atoms with van der Waals surface area (Å²) in [5.74, 6) is -0.579. The molecule has 2 N–H and O–H groups in total. The van der Waals surface area contributed by atoms with E-state index in [1.54, 1.807) is 36.4 Å². The first kappa shape index (κ1) is 19.0. The number of hydrogen-bond donors (Lipinski definition) is 2. The number of aromatic amines is 1. The molecule has 0 aliphatic heterocycles. The van der Waals surface area contributed by atoms with Crippen molar-refractivity contribution in [2.24, 2.45) is 0 Å². The van der Waals surface area contributed by atoms with E-state index < -0.39 is 17.2 Å². The molecule has 148 valence electrons. The van der Waals surface area contributed by atoms with Crippen LogP contribution in [0.15, 0.2) is 88.7 Å². The number of aromatic nitrogens is 4. The van der Waals surface area contributed by atoms with Crippen LogP contribution in [0.4, 0.5) is 0 Å². The van der Waals surface area contributed by atoms with Crippen LogP contribution in [0.25, 0.3) is 16.9 Å². The molecular weight excluding hydrogens is 382 g/mol. The number of para-hydroxylation sites is 1. The van der Waals surface area contributed by atoms with Gasteiger partial charge in [0.2, 0.25) is 0 Å². The van der Waals surface area contributed by atoms with Crippen molar-refractivity contribution < 1.29 is 4.79 Å². The van der Waals surface area contributed by atoms with Gasteiger partial charge in [-0.15, -0.1) is 0 Å². The van der Waals surface area contributed by atoms with Crippen LogP contribution in [0.3, 0.4) is 0 Å². The molecule has 0 saturated heterocycles. The van der Waals surface area contributed by atoms with Crippen LogP contribution < -0.4 is 16.6 Å². The van der Waals surface area contributed by atoms with Crippen LogP contribution in [0.2, 0.25) is 0 Å². The molecule has 0 unspecified atom stereocenters. The molecule has 0 aliphatic rings. The third-order valence-electron chi connectivity index (χ3n) is 4.42. The zero-order chi connectivity index (χ0) is 20.9. The van der Waals surface area contributed by atoms with E-state index in [1.165, 1.54) is 6.33 Å². The maximum absolute atomic E-state index is 12.5. The van der Waals surface area contributed by atoms with E-state index in [0.29, 0.717) is 11.4 Å². The molecule has 4 rings (SSSR count). The highest BCUT2D eigenvalue weighted by atomic mass is 16.2. The zero-order valence-corrected chi connectivity index (χ0v) is 15.8. The van der Waals surface area contributed by atoms with Crippen LogP contribution >= 0.6 is 0 Å². The second-order valence-electron chi connectivity index (χ2n) is 6.44. The maximum Gasteiger partial charge on any atom is 0.333 e. The molecule has 8 heteroatoms. The predicted molar refractivity (Wildman–Crippen MR) is 111 cm³/mol. The molecule has 2 heterocycles. The molecule has 8 nitrogen and oxygen atoms in total. The lowest BCUT2D eigenvalue weighted by Gasteiger charge is -2.08. The molecule has 0 radical (unpaired) electrons. The quantitative estimate of drug-likeness (QED) is 0.533. The highest BCUT2D eigenvalue weighted by Crippen LogP contribution is 2.16. The topological polar surface area (TPSA) is 110 Å². The van der Waals surface area contributed by atoms with Gasteiger partial charge in [0.15, 0.2) is 0 Å². The van der Waals surface area contributed by atoms with Crippen LogP contribution in [-0.2, 0) is 6.54 Å². The Kier molecular flexibility index (Phi) is 5.29. The summed E-state index contributed by atoms with van der Waals surface area (Å²) in [6.45, 7) is 0.116. The van der Waals surface area contributed by atoms with Gasteiger partial charge in [0.25, 0.3) is 11.5 Å². The van der Waals surface area contributed by atoms with Crippen molar-refractivity contribution in [3.05, 3.63) is 111 Å². The molecule has 2 aromatic heterocycles. The van der Waals surface area contributed by atoms with Crippen molar-refractivity contribution in [2.45, 2.75) is 6.54 Å². The van der Waals surface area contributed by atoms with Gasteiger partial charge in [0, 0.05) is 11.6 Å². The predicted octanol–water partition coefficient (Wildman–Crippen LogP) is 1.91. The average molecular weight is 399 g/mol. The summed E-state index contributed by atoms with van der Waals surface area (Å²) in [5.41, 5.74) is 1.28. The van der Waals surface area contributed by atoms with Gasteiger partial charge < -0.3 is 10.3 Å². The molecule has 1 amide bonds. The summed E-state index contributed by atoms with van der Waals surface area (Å²) < 4.78 is 0.966. The van der Waals surface area contributed by atoms with E-state index in [9.17, 15) is 14.4 Å². The van der Waals surface area contributed by atoms with Gasteiger partial charge in [-0.1, -0.05) is 48.5 Å². The fraction of sp³-hybridized carbons (Fsp3) is 0.0455. The molecule has 0 aliphatic carbocycles. The summed E-state index contributed by atoms with van der Waals surface area (Å²) in [5, 5.41) is 2.66. The minimum absolute atomic E-state index is 0.116. The smallest absolute Gasteiger partial charge is 0.333 e. The number of carbonyl (C=O) groups is 1. The van der Waals surface area contributed by atoms with Gasteiger partial charge in [-0.25, -0.2) is 19.3 Å². The van der Waals surface area contributed by atoms with Crippen molar-refractivity contribution >= 4 is 5.91 Å². The third kappa shape index (κ3) is 4.07. The molecule has 0 saturated carbocycles. The number of H-pyrrole nitrogens is 1. The first-order chi connectivity index (χ1) is 14.6. The highest BCUT2D eigenvalue weighted by Gasteiger charge is 2.12. The van der Waals surface area contributed by atoms with E-state index in [1.807, 2.05) is 30.3 Å². The van der Waals surface area contributed by atoms with E-state index in [2.05, 4.69) is 20.3 Å². The SMILES string of the molecule is O=C(NCc1cc(-c2ccccc2)ncn1)c1cc(=O)n(-c2ccccc2)c(=O)[nH]1. The Morgan fingerprint density at radius 1 is 0.933 bits per heavy atom. The number of rotatable bonds is 5. The third-order valence-corrected chi connectivity index (χ3v) is 4.42. The van der Waals surface area contributed by atoms with Gasteiger partial charge in [0.1, 0.15) is 12.0 Å². The van der Waals surface area contributed by atoms with Gasteiger partial charge in [-0.3, -0.25) is 9.59 Å². The summed E-state index contributed by atoms with van der Waals surface area (Å²) in [4.78, 5) is 48.0. The summed E-state index contributed by atoms with van der Waals surface area (Å²) in [6.07, 6.45) is 1.42. The second kappa shape index (κ2) is 8.36. The molecule has 2 aromatic carbocycles. The van der Waals surface area contributed by atoms with Crippen molar-refractivity contribution in [1.29, 1.82) is 0 Å². The minimum atomic E-state index is -0.688. The maximum atomic E-state index is 12.5. The van der Waals surface area contributed by atoms with Crippen molar-refractivity contribution in [2.75, 3.05) is 0 Å². The summed E-state index contributed by atoms with van der Waals surface area (Å²) in [7, 11) is 0.